The Kier molecular flexibility index (Phi) is 6.19. The Labute approximate surface area is 162 Å². The Morgan fingerprint density at radius 1 is 1.19 bits per heavy atom. The van der Waals surface area contributed by atoms with Crippen LogP contribution < -0.4 is 10.6 Å². The minimum Gasteiger partial charge on any atom is -0.361 e. The average Bonchev–Trinajstić information content (AvgIpc) is 3.02. The monoisotopic (exact) mass is 368 g/mol. The highest BCUT2D eigenvalue weighted by Crippen LogP contribution is 2.25. The van der Waals surface area contributed by atoms with Crippen LogP contribution in [0, 0.1) is 13.8 Å². The summed E-state index contributed by atoms with van der Waals surface area (Å²) in [6.07, 6.45) is 5.05. The summed E-state index contributed by atoms with van der Waals surface area (Å²) in [6.45, 7) is 9.11. The summed E-state index contributed by atoms with van der Waals surface area (Å²) >= 11 is 0. The molecule has 0 fully saturated rings. The Morgan fingerprint density at radius 3 is 2.59 bits per heavy atom. The zero-order valence-corrected chi connectivity index (χ0v) is 17.2. The first-order valence-corrected chi connectivity index (χ1v) is 10.0. The van der Waals surface area contributed by atoms with E-state index in [1.54, 1.807) is 0 Å². The Bertz CT molecular complexity index is 789. The highest BCUT2D eigenvalue weighted by molar-refractivity contribution is 5.80. The maximum absolute atomic E-state index is 5.29. The number of aryl methyl sites for hydroxylation is 4. The summed E-state index contributed by atoms with van der Waals surface area (Å²) in [7, 11) is 1.81. The van der Waals surface area contributed by atoms with Gasteiger partial charge in [-0.25, -0.2) is 0 Å². The van der Waals surface area contributed by atoms with Crippen LogP contribution in [-0.2, 0) is 12.8 Å². The van der Waals surface area contributed by atoms with Crippen LogP contribution in [0.2, 0.25) is 0 Å². The van der Waals surface area contributed by atoms with Crippen molar-refractivity contribution in [3.05, 3.63) is 51.9 Å². The molecule has 0 spiro atoms. The molecule has 0 radical (unpaired) electrons. The molecule has 1 aromatic carbocycles. The molecule has 5 heteroatoms. The fourth-order valence-electron chi connectivity index (χ4n) is 4.05. The highest BCUT2D eigenvalue weighted by Gasteiger charge is 2.17. The molecule has 27 heavy (non-hydrogen) atoms. The molecule has 1 aliphatic carbocycles. The fraction of sp³-hybridized carbons (Fsp3) is 0.545. The third-order valence-electron chi connectivity index (χ3n) is 5.61. The van der Waals surface area contributed by atoms with Crippen LogP contribution in [0.5, 0.6) is 0 Å². The molecule has 1 aromatic heterocycles. The Morgan fingerprint density at radius 2 is 1.93 bits per heavy atom. The van der Waals surface area contributed by atoms with Gasteiger partial charge in [-0.1, -0.05) is 30.3 Å². The highest BCUT2D eigenvalue weighted by atomic mass is 16.5. The molecular formula is C22H32N4O. The van der Waals surface area contributed by atoms with Crippen molar-refractivity contribution in [2.75, 3.05) is 13.6 Å². The molecular weight excluding hydrogens is 336 g/mol. The molecule has 1 aliphatic rings. The van der Waals surface area contributed by atoms with Crippen LogP contribution in [0.25, 0.3) is 0 Å². The van der Waals surface area contributed by atoms with E-state index in [9.17, 15) is 0 Å². The molecule has 5 nitrogen and oxygen atoms in total. The number of benzene rings is 1. The number of aromatic nitrogens is 1. The van der Waals surface area contributed by atoms with Crippen LogP contribution in [0.15, 0.2) is 27.7 Å². The first kappa shape index (κ1) is 19.5. The van der Waals surface area contributed by atoms with Gasteiger partial charge in [0.25, 0.3) is 0 Å². The lowest BCUT2D eigenvalue weighted by molar-refractivity contribution is 0.391. The molecule has 0 amide bonds. The summed E-state index contributed by atoms with van der Waals surface area (Å²) in [5, 5.41) is 11.0. The van der Waals surface area contributed by atoms with E-state index in [0.29, 0.717) is 5.92 Å². The van der Waals surface area contributed by atoms with Crippen LogP contribution in [0.3, 0.4) is 0 Å². The van der Waals surface area contributed by atoms with Gasteiger partial charge in [0, 0.05) is 25.1 Å². The minimum atomic E-state index is 0.206. The second kappa shape index (κ2) is 8.59. The lowest BCUT2D eigenvalue weighted by Crippen LogP contribution is -2.40. The quantitative estimate of drug-likeness (QED) is 0.613. The molecule has 0 aliphatic heterocycles. The van der Waals surface area contributed by atoms with Gasteiger partial charge in [-0.05, 0) is 63.1 Å². The van der Waals surface area contributed by atoms with Crippen molar-refractivity contribution in [2.24, 2.45) is 4.99 Å². The van der Waals surface area contributed by atoms with Crippen LogP contribution in [0.4, 0.5) is 0 Å². The summed E-state index contributed by atoms with van der Waals surface area (Å²) < 4.78 is 5.29. The Hall–Kier alpha value is -2.30. The molecule has 3 rings (SSSR count). The summed E-state index contributed by atoms with van der Waals surface area (Å²) in [4.78, 5) is 4.39. The van der Waals surface area contributed by atoms with E-state index in [4.69, 9.17) is 4.52 Å². The molecule has 2 aromatic rings. The molecule has 0 saturated heterocycles. The second-order valence-corrected chi connectivity index (χ2v) is 7.69. The number of fused-ring (bicyclic) bond motifs is 1. The predicted molar refractivity (Wildman–Crippen MR) is 110 cm³/mol. The second-order valence-electron chi connectivity index (χ2n) is 7.69. The van der Waals surface area contributed by atoms with Gasteiger partial charge in [0.15, 0.2) is 5.96 Å². The van der Waals surface area contributed by atoms with Crippen molar-refractivity contribution in [3.63, 3.8) is 0 Å². The van der Waals surface area contributed by atoms with Gasteiger partial charge >= 0.3 is 0 Å². The number of rotatable bonds is 5. The van der Waals surface area contributed by atoms with Crippen molar-refractivity contribution in [3.8, 4) is 0 Å². The number of guanidine groups is 1. The lowest BCUT2D eigenvalue weighted by Gasteiger charge is -2.22. The first-order chi connectivity index (χ1) is 13.0. The number of nitrogens with zero attached hydrogens (tertiary/aromatic N) is 2. The largest absolute Gasteiger partial charge is 0.361 e. The molecule has 1 heterocycles. The van der Waals surface area contributed by atoms with E-state index >= 15 is 0 Å². The van der Waals surface area contributed by atoms with Crippen LogP contribution in [0.1, 0.15) is 72.4 Å². The van der Waals surface area contributed by atoms with Crippen molar-refractivity contribution in [1.82, 2.24) is 15.8 Å². The zero-order valence-electron chi connectivity index (χ0n) is 17.2. The Balaban J connectivity index is 1.60. The zero-order chi connectivity index (χ0) is 19.4. The third-order valence-corrected chi connectivity index (χ3v) is 5.61. The molecule has 146 valence electrons. The standard InChI is InChI=1S/C22H32N4O/c1-14(21-16(3)26-27-17(21)4)13-24-22(23-5)25-15(2)19-11-10-18-8-6-7-9-20(18)12-19/h10-12,14-15H,6-9,13H2,1-5H3,(H2,23,24,25). The van der Waals surface area contributed by atoms with Crippen molar-refractivity contribution < 1.29 is 4.52 Å². The van der Waals surface area contributed by atoms with Gasteiger partial charge in [0.05, 0.1) is 11.7 Å². The van der Waals surface area contributed by atoms with E-state index in [0.717, 1.165) is 24.0 Å². The van der Waals surface area contributed by atoms with Crippen molar-refractivity contribution in [2.45, 2.75) is 65.3 Å². The van der Waals surface area contributed by atoms with E-state index < -0.39 is 0 Å². The number of aliphatic imine (C=N–C) groups is 1. The molecule has 0 bridgehead atoms. The van der Waals surface area contributed by atoms with Crippen LogP contribution >= 0.6 is 0 Å². The molecule has 0 saturated carbocycles. The maximum atomic E-state index is 5.29. The van der Waals surface area contributed by atoms with Gasteiger partial charge in [-0.15, -0.1) is 0 Å². The smallest absolute Gasteiger partial charge is 0.191 e. The molecule has 2 unspecified atom stereocenters. The lowest BCUT2D eigenvalue weighted by atomic mass is 9.89. The van der Waals surface area contributed by atoms with E-state index in [1.807, 2.05) is 20.9 Å². The van der Waals surface area contributed by atoms with E-state index in [-0.39, 0.29) is 6.04 Å². The van der Waals surface area contributed by atoms with Gasteiger partial charge in [0.1, 0.15) is 5.76 Å². The SMILES string of the molecule is CN=C(NCC(C)c1c(C)noc1C)NC(C)c1ccc2c(c1)CCCC2. The number of hydrogen-bond acceptors (Lipinski definition) is 3. The van der Waals surface area contributed by atoms with Crippen molar-refractivity contribution in [1.29, 1.82) is 0 Å². The fourth-order valence-corrected chi connectivity index (χ4v) is 4.05. The minimum absolute atomic E-state index is 0.206. The van der Waals surface area contributed by atoms with Gasteiger partial charge in [0.2, 0.25) is 0 Å². The van der Waals surface area contributed by atoms with Gasteiger partial charge in [-0.3, -0.25) is 4.99 Å². The van der Waals surface area contributed by atoms with E-state index in [2.05, 4.69) is 52.8 Å². The number of hydrogen-bond donors (Lipinski definition) is 2. The maximum Gasteiger partial charge on any atom is 0.191 e. The average molecular weight is 369 g/mol. The van der Waals surface area contributed by atoms with Gasteiger partial charge in [-0.2, -0.15) is 0 Å². The topological polar surface area (TPSA) is 62.5 Å². The number of nitrogens with one attached hydrogen (secondary N) is 2. The normalized spacial score (nSPS) is 16.6. The van der Waals surface area contributed by atoms with Crippen LogP contribution in [-0.4, -0.2) is 24.7 Å². The summed E-state index contributed by atoms with van der Waals surface area (Å²) in [6, 6.07) is 7.13. The first-order valence-electron chi connectivity index (χ1n) is 10.0. The summed E-state index contributed by atoms with van der Waals surface area (Å²) in [5.74, 6) is 2.01. The van der Waals surface area contributed by atoms with E-state index in [1.165, 1.54) is 47.9 Å². The molecule has 2 N–H and O–H groups in total. The third kappa shape index (κ3) is 4.52. The van der Waals surface area contributed by atoms with Crippen molar-refractivity contribution >= 4 is 5.96 Å². The van der Waals surface area contributed by atoms with Gasteiger partial charge < -0.3 is 15.2 Å². The molecule has 2 atom stereocenters. The predicted octanol–water partition coefficient (Wildman–Crippen LogP) is 4.20. The summed E-state index contributed by atoms with van der Waals surface area (Å²) in [5.41, 5.74) is 6.50.